The number of nitrogens with two attached hydrogens (primary N) is 1. The van der Waals surface area contributed by atoms with Gasteiger partial charge in [-0.05, 0) is 23.3 Å². The molecule has 0 spiro atoms. The van der Waals surface area contributed by atoms with Gasteiger partial charge in [0.2, 0.25) is 5.91 Å². The molecular weight excluding hydrogens is 295 g/mol. The molecule has 2 aromatic rings. The van der Waals surface area contributed by atoms with E-state index in [1.165, 1.54) is 24.3 Å². The number of ether oxygens (including phenoxy) is 1. The first-order valence-corrected chi connectivity index (χ1v) is 6.54. The van der Waals surface area contributed by atoms with Crippen molar-refractivity contribution >= 4 is 5.91 Å². The third-order valence-electron chi connectivity index (χ3n) is 3.12. The molecule has 0 saturated carbocycles. The third kappa shape index (κ3) is 4.51. The molecule has 0 aliphatic heterocycles. The number of carbonyl (C=O) groups is 1. The summed E-state index contributed by atoms with van der Waals surface area (Å²) < 4.78 is 40.3. The molecule has 0 aliphatic carbocycles. The van der Waals surface area contributed by atoms with E-state index >= 15 is 0 Å². The van der Waals surface area contributed by atoms with Crippen LogP contribution >= 0.6 is 0 Å². The lowest BCUT2D eigenvalue weighted by Crippen LogP contribution is -2.17. The molecule has 116 valence electrons. The Hall–Kier alpha value is -2.50. The molecule has 6 heteroatoms. The van der Waals surface area contributed by atoms with E-state index in [0.29, 0.717) is 5.56 Å². The topological polar surface area (TPSA) is 52.3 Å². The van der Waals surface area contributed by atoms with Gasteiger partial charge in [0.05, 0.1) is 0 Å². The minimum absolute atomic E-state index is 0.0729. The van der Waals surface area contributed by atoms with Crippen molar-refractivity contribution in [2.24, 2.45) is 5.73 Å². The summed E-state index contributed by atoms with van der Waals surface area (Å²) in [4.78, 5) is 11.3. The molecule has 1 amide bonds. The van der Waals surface area contributed by atoms with Gasteiger partial charge in [-0.2, -0.15) is 0 Å². The zero-order valence-corrected chi connectivity index (χ0v) is 11.5. The van der Waals surface area contributed by atoms with Crippen LogP contribution in [0.25, 0.3) is 0 Å². The van der Waals surface area contributed by atoms with Gasteiger partial charge < -0.3 is 10.5 Å². The van der Waals surface area contributed by atoms with Crippen molar-refractivity contribution in [1.82, 2.24) is 0 Å². The fourth-order valence-electron chi connectivity index (χ4n) is 2.22. The summed E-state index contributed by atoms with van der Waals surface area (Å²) in [5.74, 6) is -1.09. The van der Waals surface area contributed by atoms with Crippen molar-refractivity contribution in [3.8, 4) is 5.75 Å². The first-order valence-electron chi connectivity index (χ1n) is 6.54. The molecule has 1 unspecified atom stereocenters. The molecule has 0 heterocycles. The number of amides is 1. The summed E-state index contributed by atoms with van der Waals surface area (Å²) in [7, 11) is 0. The Balaban J connectivity index is 2.27. The monoisotopic (exact) mass is 309 g/mol. The average Bonchev–Trinajstić information content (AvgIpc) is 2.45. The number of halogens is 3. The normalized spacial score (nSPS) is 12.7. The first kappa shape index (κ1) is 15.9. The number of carbonyl (C=O) groups excluding carboxylic acids is 1. The molecule has 0 fully saturated rings. The molecule has 0 aromatic heterocycles. The number of hydrogen-bond donors (Lipinski definition) is 1. The van der Waals surface area contributed by atoms with Crippen molar-refractivity contribution in [1.29, 1.82) is 0 Å². The number of alkyl halides is 3. The Labute approximate surface area is 125 Å². The van der Waals surface area contributed by atoms with Crippen LogP contribution in [0.4, 0.5) is 13.2 Å². The molecule has 2 rings (SSSR count). The summed E-state index contributed by atoms with van der Waals surface area (Å²) in [5.41, 5.74) is 6.83. The van der Waals surface area contributed by atoms with Crippen LogP contribution < -0.4 is 10.5 Å². The molecule has 0 saturated heterocycles. The maximum atomic E-state index is 12.2. The van der Waals surface area contributed by atoms with Gasteiger partial charge in [0.15, 0.2) is 0 Å². The Morgan fingerprint density at radius 2 is 1.55 bits per heavy atom. The minimum Gasteiger partial charge on any atom is -0.406 e. The SMILES string of the molecule is NC(=O)CC(c1ccccc1)c1ccc(OC(F)(F)F)cc1. The smallest absolute Gasteiger partial charge is 0.406 e. The molecule has 22 heavy (non-hydrogen) atoms. The van der Waals surface area contributed by atoms with Crippen molar-refractivity contribution < 1.29 is 22.7 Å². The molecule has 0 radical (unpaired) electrons. The fraction of sp³-hybridized carbons (Fsp3) is 0.188. The van der Waals surface area contributed by atoms with Crippen molar-refractivity contribution in [2.75, 3.05) is 0 Å². The zero-order valence-electron chi connectivity index (χ0n) is 11.5. The van der Waals surface area contributed by atoms with E-state index in [0.717, 1.165) is 5.56 Å². The number of hydrogen-bond acceptors (Lipinski definition) is 2. The number of benzene rings is 2. The quantitative estimate of drug-likeness (QED) is 0.917. The van der Waals surface area contributed by atoms with Gasteiger partial charge in [-0.1, -0.05) is 42.5 Å². The van der Waals surface area contributed by atoms with Crippen LogP contribution in [0, 0.1) is 0 Å². The summed E-state index contributed by atoms with van der Waals surface area (Å²) in [6.07, 6.45) is -4.66. The molecular formula is C16H14F3NO2. The Morgan fingerprint density at radius 1 is 1.00 bits per heavy atom. The van der Waals surface area contributed by atoms with E-state index in [1.54, 1.807) is 0 Å². The van der Waals surface area contributed by atoms with Gasteiger partial charge in [0.1, 0.15) is 5.75 Å². The van der Waals surface area contributed by atoms with E-state index in [-0.39, 0.29) is 18.1 Å². The Bertz CT molecular complexity index is 624. The van der Waals surface area contributed by atoms with Crippen LogP contribution in [-0.4, -0.2) is 12.3 Å². The van der Waals surface area contributed by atoms with Crippen molar-refractivity contribution in [3.05, 3.63) is 65.7 Å². The lowest BCUT2D eigenvalue weighted by Gasteiger charge is -2.17. The highest BCUT2D eigenvalue weighted by Gasteiger charge is 2.31. The standard InChI is InChI=1S/C16H14F3NO2/c17-16(18,19)22-13-8-6-12(7-9-13)14(10-15(20)21)11-4-2-1-3-5-11/h1-9,14H,10H2,(H2,20,21). The van der Waals surface area contributed by atoms with Crippen LogP contribution in [0.2, 0.25) is 0 Å². The van der Waals surface area contributed by atoms with Crippen molar-refractivity contribution in [3.63, 3.8) is 0 Å². The number of primary amides is 1. The number of rotatable bonds is 5. The average molecular weight is 309 g/mol. The Kier molecular flexibility index (Phi) is 4.70. The summed E-state index contributed by atoms with van der Waals surface area (Å²) in [6, 6.07) is 14.6. The van der Waals surface area contributed by atoms with Gasteiger partial charge in [0, 0.05) is 12.3 Å². The summed E-state index contributed by atoms with van der Waals surface area (Å²) in [5, 5.41) is 0. The highest BCUT2D eigenvalue weighted by Crippen LogP contribution is 2.30. The molecule has 2 aromatic carbocycles. The Morgan fingerprint density at radius 3 is 2.05 bits per heavy atom. The van der Waals surface area contributed by atoms with Gasteiger partial charge in [-0.25, -0.2) is 0 Å². The van der Waals surface area contributed by atoms with Gasteiger partial charge >= 0.3 is 6.36 Å². The largest absolute Gasteiger partial charge is 0.573 e. The third-order valence-corrected chi connectivity index (χ3v) is 3.12. The van der Waals surface area contributed by atoms with E-state index in [2.05, 4.69) is 4.74 Å². The second kappa shape index (κ2) is 6.51. The highest BCUT2D eigenvalue weighted by atomic mass is 19.4. The van der Waals surface area contributed by atoms with Crippen LogP contribution in [0.1, 0.15) is 23.5 Å². The van der Waals surface area contributed by atoms with E-state index in [4.69, 9.17) is 5.73 Å². The van der Waals surface area contributed by atoms with Crippen LogP contribution in [-0.2, 0) is 4.79 Å². The molecule has 2 N–H and O–H groups in total. The van der Waals surface area contributed by atoms with Gasteiger partial charge in [0.25, 0.3) is 0 Å². The maximum Gasteiger partial charge on any atom is 0.573 e. The van der Waals surface area contributed by atoms with Crippen LogP contribution in [0.15, 0.2) is 54.6 Å². The molecule has 0 bridgehead atoms. The first-order chi connectivity index (χ1) is 10.3. The highest BCUT2D eigenvalue weighted by molar-refractivity contribution is 5.75. The predicted molar refractivity (Wildman–Crippen MR) is 75.2 cm³/mol. The second-order valence-electron chi connectivity index (χ2n) is 4.75. The van der Waals surface area contributed by atoms with Crippen molar-refractivity contribution in [2.45, 2.75) is 18.7 Å². The summed E-state index contributed by atoms with van der Waals surface area (Å²) >= 11 is 0. The van der Waals surface area contributed by atoms with Crippen LogP contribution in [0.3, 0.4) is 0 Å². The molecule has 3 nitrogen and oxygen atoms in total. The minimum atomic E-state index is -4.73. The zero-order chi connectivity index (χ0) is 16.2. The van der Waals surface area contributed by atoms with Crippen LogP contribution in [0.5, 0.6) is 5.75 Å². The lowest BCUT2D eigenvalue weighted by atomic mass is 9.88. The fourth-order valence-corrected chi connectivity index (χ4v) is 2.22. The van der Waals surface area contributed by atoms with E-state index in [9.17, 15) is 18.0 Å². The lowest BCUT2D eigenvalue weighted by molar-refractivity contribution is -0.274. The second-order valence-corrected chi connectivity index (χ2v) is 4.75. The molecule has 0 aliphatic rings. The van der Waals surface area contributed by atoms with E-state index in [1.807, 2.05) is 30.3 Å². The maximum absolute atomic E-state index is 12.2. The van der Waals surface area contributed by atoms with E-state index < -0.39 is 12.3 Å². The summed E-state index contributed by atoms with van der Waals surface area (Å²) in [6.45, 7) is 0. The molecule has 1 atom stereocenters. The van der Waals surface area contributed by atoms with Gasteiger partial charge in [-0.15, -0.1) is 13.2 Å². The van der Waals surface area contributed by atoms with Gasteiger partial charge in [-0.3, -0.25) is 4.79 Å². The predicted octanol–water partition coefficient (Wildman–Crippen LogP) is 3.59.